The second-order valence-corrected chi connectivity index (χ2v) is 7.14. The van der Waals surface area contributed by atoms with Gasteiger partial charge in [-0.2, -0.15) is 0 Å². The molecule has 6 nitrogen and oxygen atoms in total. The van der Waals surface area contributed by atoms with E-state index in [1.807, 2.05) is 10.8 Å². The highest BCUT2D eigenvalue weighted by atomic mass is 16.2. The van der Waals surface area contributed by atoms with E-state index in [0.29, 0.717) is 29.0 Å². The molecule has 1 aliphatic carbocycles. The minimum absolute atomic E-state index is 0.0255. The first-order valence-corrected chi connectivity index (χ1v) is 8.67. The van der Waals surface area contributed by atoms with Crippen LogP contribution in [0.25, 0.3) is 0 Å². The second kappa shape index (κ2) is 7.09. The Morgan fingerprint density at radius 1 is 1.32 bits per heavy atom. The maximum Gasteiger partial charge on any atom is 0.258 e. The van der Waals surface area contributed by atoms with Crippen molar-refractivity contribution in [1.82, 2.24) is 9.55 Å². The summed E-state index contributed by atoms with van der Waals surface area (Å²) in [6.45, 7) is 7.07. The van der Waals surface area contributed by atoms with Crippen molar-refractivity contribution in [3.8, 4) is 0 Å². The van der Waals surface area contributed by atoms with E-state index in [9.17, 15) is 9.59 Å². The van der Waals surface area contributed by atoms with Crippen LogP contribution in [0.3, 0.4) is 0 Å². The van der Waals surface area contributed by atoms with Gasteiger partial charge in [-0.25, -0.2) is 4.98 Å². The molecule has 1 fully saturated rings. The summed E-state index contributed by atoms with van der Waals surface area (Å²) < 4.78 is 1.92. The number of nitrogens with one attached hydrogen (secondary N) is 2. The fourth-order valence-electron chi connectivity index (χ4n) is 2.81. The Bertz CT molecular complexity index is 781. The lowest BCUT2D eigenvalue weighted by Gasteiger charge is -2.11. The van der Waals surface area contributed by atoms with Gasteiger partial charge in [-0.3, -0.25) is 14.9 Å². The molecule has 1 saturated carbocycles. The number of rotatable bonds is 6. The molecule has 2 atom stereocenters. The molecule has 25 heavy (non-hydrogen) atoms. The largest absolute Gasteiger partial charge is 0.326 e. The molecule has 0 unspecified atom stereocenters. The maximum absolute atomic E-state index is 12.5. The van der Waals surface area contributed by atoms with E-state index < -0.39 is 0 Å². The van der Waals surface area contributed by atoms with Gasteiger partial charge >= 0.3 is 0 Å². The average Bonchev–Trinajstić information content (AvgIpc) is 3.15. The van der Waals surface area contributed by atoms with E-state index in [1.165, 1.54) is 0 Å². The van der Waals surface area contributed by atoms with E-state index in [-0.39, 0.29) is 17.7 Å². The summed E-state index contributed by atoms with van der Waals surface area (Å²) in [6, 6.07) is 6.97. The van der Waals surface area contributed by atoms with Crippen molar-refractivity contribution >= 4 is 23.5 Å². The first kappa shape index (κ1) is 17.2. The molecule has 132 valence electrons. The molecule has 0 radical (unpaired) electrons. The van der Waals surface area contributed by atoms with Crippen molar-refractivity contribution in [2.45, 2.75) is 33.7 Å². The van der Waals surface area contributed by atoms with Crippen LogP contribution in [0, 0.1) is 17.8 Å². The molecule has 6 heteroatoms. The van der Waals surface area contributed by atoms with Gasteiger partial charge in [0.05, 0.1) is 0 Å². The van der Waals surface area contributed by atoms with Gasteiger partial charge in [0, 0.05) is 36.1 Å². The van der Waals surface area contributed by atoms with Crippen molar-refractivity contribution < 1.29 is 9.59 Å². The minimum Gasteiger partial charge on any atom is -0.326 e. The lowest BCUT2D eigenvalue weighted by molar-refractivity contribution is -0.117. The monoisotopic (exact) mass is 340 g/mol. The van der Waals surface area contributed by atoms with Crippen LogP contribution in [0.15, 0.2) is 36.7 Å². The molecule has 0 saturated heterocycles. The molecule has 1 aromatic carbocycles. The Morgan fingerprint density at radius 2 is 2.08 bits per heavy atom. The van der Waals surface area contributed by atoms with Crippen LogP contribution in [-0.2, 0) is 11.3 Å². The lowest BCUT2D eigenvalue weighted by atomic mass is 10.2. The highest BCUT2D eigenvalue weighted by Gasteiger charge is 2.39. The van der Waals surface area contributed by atoms with E-state index in [2.05, 4.69) is 36.4 Å². The Hall–Kier alpha value is -2.63. The number of carbonyl (C=O) groups excluding carboxylic acids is 2. The van der Waals surface area contributed by atoms with Crippen LogP contribution in [0.5, 0.6) is 0 Å². The Kier molecular flexibility index (Phi) is 4.88. The summed E-state index contributed by atoms with van der Waals surface area (Å²) in [5.41, 5.74) is 1.13. The van der Waals surface area contributed by atoms with E-state index in [0.717, 1.165) is 13.0 Å². The molecule has 0 spiro atoms. The quantitative estimate of drug-likeness (QED) is 0.846. The van der Waals surface area contributed by atoms with Crippen molar-refractivity contribution in [3.05, 3.63) is 42.2 Å². The lowest BCUT2D eigenvalue weighted by Crippen LogP contribution is -2.18. The van der Waals surface area contributed by atoms with Gasteiger partial charge in [0.1, 0.15) is 0 Å². The Morgan fingerprint density at radius 3 is 2.76 bits per heavy atom. The van der Waals surface area contributed by atoms with Crippen molar-refractivity contribution in [2.75, 3.05) is 10.6 Å². The Labute approximate surface area is 147 Å². The molecule has 1 aliphatic rings. The van der Waals surface area contributed by atoms with Gasteiger partial charge in [-0.05, 0) is 36.5 Å². The molecule has 3 rings (SSSR count). The minimum atomic E-state index is -0.243. The topological polar surface area (TPSA) is 76.0 Å². The number of imidazole rings is 1. The third kappa shape index (κ3) is 4.26. The van der Waals surface area contributed by atoms with Gasteiger partial charge < -0.3 is 9.88 Å². The summed E-state index contributed by atoms with van der Waals surface area (Å²) in [5, 5.41) is 5.72. The summed E-state index contributed by atoms with van der Waals surface area (Å²) in [6.07, 6.45) is 4.46. The van der Waals surface area contributed by atoms with Crippen molar-refractivity contribution in [2.24, 2.45) is 17.8 Å². The van der Waals surface area contributed by atoms with Crippen LogP contribution in [0.4, 0.5) is 11.6 Å². The van der Waals surface area contributed by atoms with Crippen LogP contribution >= 0.6 is 0 Å². The molecular weight excluding hydrogens is 316 g/mol. The number of amides is 2. The fourth-order valence-corrected chi connectivity index (χ4v) is 2.81. The van der Waals surface area contributed by atoms with Gasteiger partial charge in [0.15, 0.2) is 0 Å². The predicted molar refractivity (Wildman–Crippen MR) is 97.4 cm³/mol. The number of anilines is 2. The van der Waals surface area contributed by atoms with Crippen LogP contribution in [0.1, 0.15) is 37.6 Å². The third-order valence-electron chi connectivity index (χ3n) is 4.34. The zero-order valence-electron chi connectivity index (χ0n) is 14.8. The molecular formula is C19H24N4O2. The molecule has 0 aliphatic heterocycles. The third-order valence-corrected chi connectivity index (χ3v) is 4.34. The standard InChI is InChI=1S/C19H24N4O2/c1-12(2)11-23-8-7-20-19(23)22-17(24)14-5-4-6-15(10-14)21-18(25)16-9-13(16)3/h4-8,10,12-13,16H,9,11H2,1-3H3,(H,21,25)(H,20,22,24)/t13-,16-/m1/s1. The SMILES string of the molecule is CC(C)Cn1ccnc1NC(=O)c1cccc(NC(=O)[C@@H]2C[C@H]2C)c1. The van der Waals surface area contributed by atoms with Gasteiger partial charge in [0.25, 0.3) is 5.91 Å². The maximum atomic E-state index is 12.5. The van der Waals surface area contributed by atoms with Crippen molar-refractivity contribution in [1.29, 1.82) is 0 Å². The molecule has 0 bridgehead atoms. The van der Waals surface area contributed by atoms with Crippen molar-refractivity contribution in [3.63, 3.8) is 0 Å². The summed E-state index contributed by atoms with van der Waals surface area (Å²) >= 11 is 0. The number of carbonyl (C=O) groups is 2. The van der Waals surface area contributed by atoms with Gasteiger partial charge in [-0.15, -0.1) is 0 Å². The molecule has 1 aromatic heterocycles. The smallest absolute Gasteiger partial charge is 0.258 e. The number of benzene rings is 1. The predicted octanol–water partition coefficient (Wildman–Crippen LogP) is 3.39. The number of hydrogen-bond donors (Lipinski definition) is 2. The number of nitrogens with zero attached hydrogens (tertiary/aromatic N) is 2. The summed E-state index contributed by atoms with van der Waals surface area (Å²) in [5.74, 6) is 1.31. The van der Waals surface area contributed by atoms with Crippen LogP contribution < -0.4 is 10.6 Å². The van der Waals surface area contributed by atoms with E-state index in [1.54, 1.807) is 30.5 Å². The van der Waals surface area contributed by atoms with E-state index in [4.69, 9.17) is 0 Å². The normalized spacial score (nSPS) is 18.9. The zero-order valence-corrected chi connectivity index (χ0v) is 14.8. The highest BCUT2D eigenvalue weighted by molar-refractivity contribution is 6.04. The van der Waals surface area contributed by atoms with Crippen LogP contribution in [0.2, 0.25) is 0 Å². The molecule has 1 heterocycles. The number of aromatic nitrogens is 2. The first-order valence-electron chi connectivity index (χ1n) is 8.67. The number of hydrogen-bond acceptors (Lipinski definition) is 3. The fraction of sp³-hybridized carbons (Fsp3) is 0.421. The molecule has 2 aromatic rings. The van der Waals surface area contributed by atoms with E-state index >= 15 is 0 Å². The first-order chi connectivity index (χ1) is 11.9. The summed E-state index contributed by atoms with van der Waals surface area (Å²) in [4.78, 5) is 28.8. The molecule has 2 amide bonds. The second-order valence-electron chi connectivity index (χ2n) is 7.14. The van der Waals surface area contributed by atoms with Gasteiger partial charge in [-0.1, -0.05) is 26.8 Å². The summed E-state index contributed by atoms with van der Waals surface area (Å²) in [7, 11) is 0. The highest BCUT2D eigenvalue weighted by Crippen LogP contribution is 2.38. The van der Waals surface area contributed by atoms with Crippen LogP contribution in [-0.4, -0.2) is 21.4 Å². The molecule has 2 N–H and O–H groups in total. The zero-order chi connectivity index (χ0) is 18.0. The Balaban J connectivity index is 1.67. The van der Waals surface area contributed by atoms with Gasteiger partial charge in [0.2, 0.25) is 11.9 Å². The average molecular weight is 340 g/mol.